The first kappa shape index (κ1) is 11.0. The summed E-state index contributed by atoms with van der Waals surface area (Å²) in [6, 6.07) is 1.99. The van der Waals surface area contributed by atoms with Gasteiger partial charge < -0.3 is 10.2 Å². The average molecular weight is 197 g/mol. The van der Waals surface area contributed by atoms with Crippen LogP contribution in [0, 0.1) is 22.7 Å². The SMILES string of the molecule is CCC1CCC(C#N)(C(O)C(=O)O)C1. The number of aliphatic carboxylic acids is 1. The van der Waals surface area contributed by atoms with E-state index < -0.39 is 17.5 Å². The van der Waals surface area contributed by atoms with E-state index in [0.717, 1.165) is 12.8 Å². The van der Waals surface area contributed by atoms with Gasteiger partial charge in [-0.25, -0.2) is 4.79 Å². The minimum absolute atomic E-state index is 0.378. The molecule has 1 fully saturated rings. The molecule has 0 saturated heterocycles. The van der Waals surface area contributed by atoms with E-state index in [1.54, 1.807) is 0 Å². The van der Waals surface area contributed by atoms with Gasteiger partial charge in [0.2, 0.25) is 0 Å². The van der Waals surface area contributed by atoms with Gasteiger partial charge in [-0.05, 0) is 25.2 Å². The van der Waals surface area contributed by atoms with Crippen LogP contribution < -0.4 is 0 Å². The fraction of sp³-hybridized carbons (Fsp3) is 0.800. The molecule has 0 aromatic heterocycles. The lowest BCUT2D eigenvalue weighted by Crippen LogP contribution is -2.38. The van der Waals surface area contributed by atoms with Crippen molar-refractivity contribution in [3.8, 4) is 6.07 Å². The summed E-state index contributed by atoms with van der Waals surface area (Å²) in [4.78, 5) is 10.6. The number of carboxylic acids is 1. The molecule has 1 aliphatic carbocycles. The second-order valence-electron chi connectivity index (χ2n) is 4.03. The van der Waals surface area contributed by atoms with E-state index >= 15 is 0 Å². The Morgan fingerprint density at radius 3 is 2.79 bits per heavy atom. The normalized spacial score (nSPS) is 33.6. The zero-order valence-electron chi connectivity index (χ0n) is 8.23. The molecule has 1 saturated carbocycles. The maximum atomic E-state index is 10.6. The maximum Gasteiger partial charge on any atom is 0.334 e. The predicted octanol–water partition coefficient (Wildman–Crippen LogP) is 1.15. The third-order valence-electron chi connectivity index (χ3n) is 3.21. The minimum Gasteiger partial charge on any atom is -0.479 e. The van der Waals surface area contributed by atoms with Crippen molar-refractivity contribution in [2.45, 2.75) is 38.7 Å². The summed E-state index contributed by atoms with van der Waals surface area (Å²) in [5.74, 6) is -0.910. The molecule has 0 amide bonds. The summed E-state index contributed by atoms with van der Waals surface area (Å²) in [5.41, 5.74) is -1.05. The molecule has 14 heavy (non-hydrogen) atoms. The zero-order chi connectivity index (χ0) is 10.8. The molecule has 0 aromatic rings. The van der Waals surface area contributed by atoms with Crippen LogP contribution in [0.3, 0.4) is 0 Å². The maximum absolute atomic E-state index is 10.6. The van der Waals surface area contributed by atoms with Crippen molar-refractivity contribution in [1.29, 1.82) is 5.26 Å². The summed E-state index contributed by atoms with van der Waals surface area (Å²) >= 11 is 0. The van der Waals surface area contributed by atoms with Crippen molar-refractivity contribution in [3.63, 3.8) is 0 Å². The van der Waals surface area contributed by atoms with E-state index in [9.17, 15) is 9.90 Å². The fourth-order valence-electron chi connectivity index (χ4n) is 2.18. The molecule has 3 atom stereocenters. The standard InChI is InChI=1S/C10H15NO3/c1-2-7-3-4-10(5-7,6-11)8(12)9(13)14/h7-8,12H,2-5H2,1H3,(H,13,14). The van der Waals surface area contributed by atoms with Gasteiger partial charge in [0.05, 0.1) is 11.5 Å². The van der Waals surface area contributed by atoms with E-state index in [-0.39, 0.29) is 0 Å². The van der Waals surface area contributed by atoms with Crippen LogP contribution in [0.2, 0.25) is 0 Å². The van der Waals surface area contributed by atoms with Gasteiger partial charge in [0.1, 0.15) is 0 Å². The number of carboxylic acid groups (broad SMARTS) is 1. The van der Waals surface area contributed by atoms with E-state index in [2.05, 4.69) is 0 Å². The molecule has 1 rings (SSSR count). The summed E-state index contributed by atoms with van der Waals surface area (Å²) in [6.07, 6.45) is 1.25. The van der Waals surface area contributed by atoms with Crippen LogP contribution in [0.4, 0.5) is 0 Å². The zero-order valence-corrected chi connectivity index (χ0v) is 8.23. The summed E-state index contributed by atoms with van der Waals surface area (Å²) in [6.45, 7) is 2.02. The smallest absolute Gasteiger partial charge is 0.334 e. The van der Waals surface area contributed by atoms with Crippen LogP contribution in [0.15, 0.2) is 0 Å². The highest BCUT2D eigenvalue weighted by Gasteiger charge is 2.47. The predicted molar refractivity (Wildman–Crippen MR) is 49.3 cm³/mol. The van der Waals surface area contributed by atoms with Gasteiger partial charge in [-0.1, -0.05) is 13.3 Å². The van der Waals surface area contributed by atoms with Crippen LogP contribution >= 0.6 is 0 Å². The van der Waals surface area contributed by atoms with E-state index in [4.69, 9.17) is 10.4 Å². The molecule has 4 nitrogen and oxygen atoms in total. The van der Waals surface area contributed by atoms with Gasteiger partial charge in [-0.3, -0.25) is 0 Å². The number of hydrogen-bond acceptors (Lipinski definition) is 3. The van der Waals surface area contributed by atoms with E-state index in [0.29, 0.717) is 18.8 Å². The highest BCUT2D eigenvalue weighted by Crippen LogP contribution is 2.45. The lowest BCUT2D eigenvalue weighted by Gasteiger charge is -2.23. The van der Waals surface area contributed by atoms with Crippen molar-refractivity contribution in [1.82, 2.24) is 0 Å². The largest absolute Gasteiger partial charge is 0.479 e. The molecule has 3 unspecified atom stereocenters. The van der Waals surface area contributed by atoms with Crippen molar-refractivity contribution in [2.75, 3.05) is 0 Å². The monoisotopic (exact) mass is 197 g/mol. The van der Waals surface area contributed by atoms with Gasteiger partial charge in [-0.15, -0.1) is 0 Å². The third-order valence-corrected chi connectivity index (χ3v) is 3.21. The lowest BCUT2D eigenvalue weighted by molar-refractivity contribution is -0.152. The first-order valence-electron chi connectivity index (χ1n) is 4.88. The average Bonchev–Trinajstić information content (AvgIpc) is 2.61. The first-order valence-corrected chi connectivity index (χ1v) is 4.88. The molecule has 0 radical (unpaired) electrons. The van der Waals surface area contributed by atoms with Crippen molar-refractivity contribution < 1.29 is 15.0 Å². The van der Waals surface area contributed by atoms with Crippen LogP contribution in [0.25, 0.3) is 0 Å². The molecular formula is C10H15NO3. The third kappa shape index (κ3) is 1.73. The second kappa shape index (κ2) is 3.97. The van der Waals surface area contributed by atoms with Gasteiger partial charge in [0.15, 0.2) is 6.10 Å². The highest BCUT2D eigenvalue weighted by molar-refractivity contribution is 5.73. The quantitative estimate of drug-likeness (QED) is 0.711. The Labute approximate surface area is 83.2 Å². The van der Waals surface area contributed by atoms with Crippen LogP contribution in [-0.2, 0) is 4.79 Å². The number of carbonyl (C=O) groups is 1. The Kier molecular flexibility index (Phi) is 3.12. The minimum atomic E-state index is -1.54. The first-order chi connectivity index (χ1) is 6.55. The molecule has 0 heterocycles. The molecule has 0 aliphatic heterocycles. The van der Waals surface area contributed by atoms with Gasteiger partial charge in [0, 0.05) is 0 Å². The van der Waals surface area contributed by atoms with E-state index in [1.807, 2.05) is 13.0 Å². The number of aliphatic hydroxyl groups is 1. The van der Waals surface area contributed by atoms with Gasteiger partial charge >= 0.3 is 5.97 Å². The number of nitrogens with zero attached hydrogens (tertiary/aromatic N) is 1. The molecule has 0 bridgehead atoms. The second-order valence-corrected chi connectivity index (χ2v) is 4.03. The number of hydrogen-bond donors (Lipinski definition) is 2. The van der Waals surface area contributed by atoms with Crippen molar-refractivity contribution >= 4 is 5.97 Å². The van der Waals surface area contributed by atoms with Crippen molar-refractivity contribution in [2.24, 2.45) is 11.3 Å². The topological polar surface area (TPSA) is 81.3 Å². The van der Waals surface area contributed by atoms with Crippen molar-refractivity contribution in [3.05, 3.63) is 0 Å². The molecule has 1 aliphatic rings. The lowest BCUT2D eigenvalue weighted by atomic mass is 9.81. The van der Waals surface area contributed by atoms with E-state index in [1.165, 1.54) is 0 Å². The Morgan fingerprint density at radius 1 is 1.79 bits per heavy atom. The van der Waals surface area contributed by atoms with Crippen LogP contribution in [-0.4, -0.2) is 22.3 Å². The number of aliphatic hydroxyl groups excluding tert-OH is 1. The Bertz CT molecular complexity index is 271. The molecule has 0 aromatic carbocycles. The summed E-state index contributed by atoms with van der Waals surface area (Å²) < 4.78 is 0. The molecule has 78 valence electrons. The van der Waals surface area contributed by atoms with Crippen LogP contribution in [0.1, 0.15) is 32.6 Å². The summed E-state index contributed by atoms with van der Waals surface area (Å²) in [5, 5.41) is 27.1. The summed E-state index contributed by atoms with van der Waals surface area (Å²) in [7, 11) is 0. The molecule has 2 N–H and O–H groups in total. The number of nitriles is 1. The molecular weight excluding hydrogens is 182 g/mol. The molecule has 4 heteroatoms. The Hall–Kier alpha value is -1.08. The molecule has 0 spiro atoms. The Morgan fingerprint density at radius 2 is 2.43 bits per heavy atom. The Balaban J connectivity index is 2.80. The fourth-order valence-corrected chi connectivity index (χ4v) is 2.18. The highest BCUT2D eigenvalue weighted by atomic mass is 16.4. The van der Waals surface area contributed by atoms with Gasteiger partial charge in [-0.2, -0.15) is 5.26 Å². The number of rotatable bonds is 3. The van der Waals surface area contributed by atoms with Crippen LogP contribution in [0.5, 0.6) is 0 Å². The van der Waals surface area contributed by atoms with Gasteiger partial charge in [0.25, 0.3) is 0 Å².